The lowest BCUT2D eigenvalue weighted by Gasteiger charge is -2.15. The Hall–Kier alpha value is -2.97. The van der Waals surface area contributed by atoms with Crippen molar-refractivity contribution < 1.29 is 28.6 Å². The number of likely N-dealkylation sites (tertiary alicyclic amines) is 1. The Bertz CT molecular complexity index is 697. The van der Waals surface area contributed by atoms with Gasteiger partial charge in [-0.15, -0.1) is 0 Å². The second-order valence-corrected chi connectivity index (χ2v) is 6.28. The van der Waals surface area contributed by atoms with Crippen molar-refractivity contribution in [3.05, 3.63) is 17.7 Å². The van der Waals surface area contributed by atoms with Crippen molar-refractivity contribution in [3.63, 3.8) is 0 Å². The zero-order chi connectivity index (χ0) is 20.5. The number of nitrogens with zero attached hydrogens (tertiary/aromatic N) is 1. The van der Waals surface area contributed by atoms with Gasteiger partial charge >= 0.3 is 0 Å². The molecule has 0 saturated carbocycles. The molecule has 1 aliphatic rings. The molecule has 0 radical (unpaired) electrons. The van der Waals surface area contributed by atoms with Crippen molar-refractivity contribution in [2.24, 2.45) is 0 Å². The van der Waals surface area contributed by atoms with Crippen LogP contribution in [0, 0.1) is 0 Å². The van der Waals surface area contributed by atoms with Crippen molar-refractivity contribution in [1.29, 1.82) is 0 Å². The molecule has 1 aliphatic heterocycles. The minimum absolute atomic E-state index is 0.155. The molecular weight excluding hydrogens is 366 g/mol. The molecule has 0 bridgehead atoms. The van der Waals surface area contributed by atoms with E-state index in [1.54, 1.807) is 4.90 Å². The standard InChI is InChI=1S/C19H27N3O6/c1-26-14-10-13(11-15(27-2)18(14)28-3)19(25)21-12-16(23)20-7-5-9-22-8-4-6-17(22)24/h10-11H,4-9,12H2,1-3H3,(H,20,23)(H,21,25). The highest BCUT2D eigenvalue weighted by Crippen LogP contribution is 2.38. The summed E-state index contributed by atoms with van der Waals surface area (Å²) < 4.78 is 15.7. The van der Waals surface area contributed by atoms with E-state index >= 15 is 0 Å². The van der Waals surface area contributed by atoms with E-state index in [4.69, 9.17) is 14.2 Å². The van der Waals surface area contributed by atoms with Gasteiger partial charge in [0.05, 0.1) is 27.9 Å². The van der Waals surface area contributed by atoms with E-state index < -0.39 is 5.91 Å². The smallest absolute Gasteiger partial charge is 0.251 e. The average Bonchev–Trinajstić information content (AvgIpc) is 3.12. The van der Waals surface area contributed by atoms with Crippen molar-refractivity contribution in [2.45, 2.75) is 19.3 Å². The molecule has 0 aliphatic carbocycles. The van der Waals surface area contributed by atoms with Crippen LogP contribution in [0.5, 0.6) is 17.2 Å². The van der Waals surface area contributed by atoms with E-state index in [0.717, 1.165) is 13.0 Å². The second kappa shape index (κ2) is 10.4. The highest BCUT2D eigenvalue weighted by atomic mass is 16.5. The van der Waals surface area contributed by atoms with Gasteiger partial charge in [-0.05, 0) is 25.0 Å². The van der Waals surface area contributed by atoms with Crippen molar-refractivity contribution in [1.82, 2.24) is 15.5 Å². The van der Waals surface area contributed by atoms with Crippen LogP contribution in [0.1, 0.15) is 29.6 Å². The molecule has 9 nitrogen and oxygen atoms in total. The normalized spacial score (nSPS) is 13.2. The first-order valence-electron chi connectivity index (χ1n) is 9.12. The number of carbonyl (C=O) groups is 3. The first-order chi connectivity index (χ1) is 13.5. The number of rotatable bonds is 10. The van der Waals surface area contributed by atoms with Crippen molar-refractivity contribution >= 4 is 17.7 Å². The Morgan fingerprint density at radius 2 is 1.75 bits per heavy atom. The summed E-state index contributed by atoms with van der Waals surface area (Å²) in [4.78, 5) is 37.6. The third-order valence-electron chi connectivity index (χ3n) is 4.43. The molecule has 1 heterocycles. The number of benzene rings is 1. The molecule has 0 spiro atoms. The van der Waals surface area contributed by atoms with Crippen LogP contribution in [0.4, 0.5) is 0 Å². The Morgan fingerprint density at radius 1 is 1.07 bits per heavy atom. The molecule has 154 valence electrons. The lowest BCUT2D eigenvalue weighted by Crippen LogP contribution is -2.38. The maximum Gasteiger partial charge on any atom is 0.251 e. The van der Waals surface area contributed by atoms with Gasteiger partial charge in [0.1, 0.15) is 0 Å². The van der Waals surface area contributed by atoms with Crippen molar-refractivity contribution in [2.75, 3.05) is 47.5 Å². The number of hydrogen-bond donors (Lipinski definition) is 2. The molecule has 28 heavy (non-hydrogen) atoms. The third kappa shape index (κ3) is 5.51. The SMILES string of the molecule is COc1cc(C(=O)NCC(=O)NCCCN2CCCC2=O)cc(OC)c1OC. The van der Waals surface area contributed by atoms with Gasteiger partial charge in [-0.1, -0.05) is 0 Å². The molecule has 0 aromatic heterocycles. The van der Waals surface area contributed by atoms with Gasteiger partial charge in [-0.25, -0.2) is 0 Å². The number of amides is 3. The summed E-state index contributed by atoms with van der Waals surface area (Å²) in [7, 11) is 4.40. The fourth-order valence-electron chi connectivity index (χ4n) is 2.98. The van der Waals surface area contributed by atoms with Gasteiger partial charge in [0.25, 0.3) is 5.91 Å². The van der Waals surface area contributed by atoms with E-state index in [0.29, 0.717) is 43.2 Å². The quantitative estimate of drug-likeness (QED) is 0.563. The van der Waals surface area contributed by atoms with Gasteiger partial charge in [-0.2, -0.15) is 0 Å². The summed E-state index contributed by atoms with van der Waals surface area (Å²) in [5.74, 6) is 0.533. The summed E-state index contributed by atoms with van der Waals surface area (Å²) in [6.07, 6.45) is 2.19. The van der Waals surface area contributed by atoms with Gasteiger partial charge in [-0.3, -0.25) is 14.4 Å². The molecule has 1 aromatic rings. The van der Waals surface area contributed by atoms with E-state index in [9.17, 15) is 14.4 Å². The van der Waals surface area contributed by atoms with Crippen LogP contribution in [0.25, 0.3) is 0 Å². The predicted octanol–water partition coefficient (Wildman–Crippen LogP) is 0.571. The molecular formula is C19H27N3O6. The fourth-order valence-corrected chi connectivity index (χ4v) is 2.98. The zero-order valence-electron chi connectivity index (χ0n) is 16.5. The number of carbonyl (C=O) groups excluding carboxylic acids is 3. The first kappa shape index (κ1) is 21.3. The lowest BCUT2D eigenvalue weighted by molar-refractivity contribution is -0.127. The zero-order valence-corrected chi connectivity index (χ0v) is 16.5. The maximum atomic E-state index is 12.3. The molecule has 1 saturated heterocycles. The van der Waals surface area contributed by atoms with Crippen LogP contribution in [0.2, 0.25) is 0 Å². The van der Waals surface area contributed by atoms with E-state index in [1.807, 2.05) is 0 Å². The topological polar surface area (TPSA) is 106 Å². The van der Waals surface area contributed by atoms with E-state index in [2.05, 4.69) is 10.6 Å². The number of hydrogen-bond acceptors (Lipinski definition) is 6. The fraction of sp³-hybridized carbons (Fsp3) is 0.526. The number of nitrogens with one attached hydrogen (secondary N) is 2. The molecule has 9 heteroatoms. The summed E-state index contributed by atoms with van der Waals surface area (Å²) in [5, 5.41) is 5.29. The highest BCUT2D eigenvalue weighted by Gasteiger charge is 2.19. The van der Waals surface area contributed by atoms with Crippen LogP contribution < -0.4 is 24.8 Å². The highest BCUT2D eigenvalue weighted by molar-refractivity contribution is 5.97. The number of ether oxygens (including phenoxy) is 3. The summed E-state index contributed by atoms with van der Waals surface area (Å²) >= 11 is 0. The van der Waals surface area contributed by atoms with Gasteiger partial charge in [0.2, 0.25) is 17.6 Å². The second-order valence-electron chi connectivity index (χ2n) is 6.28. The largest absolute Gasteiger partial charge is 0.493 e. The predicted molar refractivity (Wildman–Crippen MR) is 102 cm³/mol. The third-order valence-corrected chi connectivity index (χ3v) is 4.43. The Labute approximate surface area is 164 Å². The van der Waals surface area contributed by atoms with Gasteiger partial charge in [0.15, 0.2) is 11.5 Å². The number of methoxy groups -OCH3 is 3. The lowest BCUT2D eigenvalue weighted by atomic mass is 10.1. The van der Waals surface area contributed by atoms with Crippen LogP contribution in [-0.2, 0) is 9.59 Å². The van der Waals surface area contributed by atoms with E-state index in [-0.39, 0.29) is 23.9 Å². The monoisotopic (exact) mass is 393 g/mol. The molecule has 1 fully saturated rings. The maximum absolute atomic E-state index is 12.3. The summed E-state index contributed by atoms with van der Waals surface area (Å²) in [6, 6.07) is 3.03. The van der Waals surface area contributed by atoms with Gasteiger partial charge < -0.3 is 29.7 Å². The van der Waals surface area contributed by atoms with Crippen molar-refractivity contribution in [3.8, 4) is 17.2 Å². The minimum Gasteiger partial charge on any atom is -0.493 e. The Balaban J connectivity index is 1.79. The van der Waals surface area contributed by atoms with Crippen LogP contribution in [-0.4, -0.2) is 70.1 Å². The molecule has 3 amide bonds. The summed E-state index contributed by atoms with van der Waals surface area (Å²) in [6.45, 7) is 1.72. The Morgan fingerprint density at radius 3 is 2.29 bits per heavy atom. The first-order valence-corrected chi connectivity index (χ1v) is 9.12. The minimum atomic E-state index is -0.433. The Kier molecular flexibility index (Phi) is 7.91. The molecule has 2 N–H and O–H groups in total. The van der Waals surface area contributed by atoms with Crippen LogP contribution in [0.3, 0.4) is 0 Å². The molecule has 0 atom stereocenters. The molecule has 0 unspecified atom stereocenters. The molecule has 2 rings (SSSR count). The average molecular weight is 393 g/mol. The molecule has 1 aromatic carbocycles. The van der Waals surface area contributed by atoms with E-state index in [1.165, 1.54) is 33.5 Å². The summed E-state index contributed by atoms with van der Waals surface area (Å²) in [5.41, 5.74) is 0.287. The van der Waals surface area contributed by atoms with Gasteiger partial charge in [0, 0.05) is 31.6 Å². The van der Waals surface area contributed by atoms with Crippen LogP contribution >= 0.6 is 0 Å². The van der Waals surface area contributed by atoms with Crippen LogP contribution in [0.15, 0.2) is 12.1 Å².